The molecular weight excluding hydrogens is 444 g/mol. The first kappa shape index (κ1) is 23.9. The fraction of sp³-hybridized carbons (Fsp3) is 0.281. The van der Waals surface area contributed by atoms with Crippen LogP contribution in [0.2, 0.25) is 0 Å². The third kappa shape index (κ3) is 5.23. The van der Waals surface area contributed by atoms with E-state index in [0.717, 1.165) is 51.9 Å². The molecule has 1 saturated carbocycles. The average molecular weight is 477 g/mol. The molecule has 4 aromatic rings. The number of nitrogens with one attached hydrogen (secondary N) is 1. The van der Waals surface area contributed by atoms with Crippen LogP contribution in [0.25, 0.3) is 22.0 Å². The highest BCUT2D eigenvalue weighted by Gasteiger charge is 2.20. The Bertz CT molecular complexity index is 1390. The predicted molar refractivity (Wildman–Crippen MR) is 145 cm³/mol. The monoisotopic (exact) mass is 476 g/mol. The van der Waals surface area contributed by atoms with E-state index in [9.17, 15) is 9.59 Å². The summed E-state index contributed by atoms with van der Waals surface area (Å²) in [5, 5.41) is 4.19. The van der Waals surface area contributed by atoms with E-state index in [-0.39, 0.29) is 17.7 Å². The molecule has 5 rings (SSSR count). The lowest BCUT2D eigenvalue weighted by atomic mass is 9.87. The maximum Gasteiger partial charge on any atom is 0.251 e. The Morgan fingerprint density at radius 3 is 2.28 bits per heavy atom. The first-order chi connectivity index (χ1) is 17.5. The number of ketones is 1. The molecule has 182 valence electrons. The van der Waals surface area contributed by atoms with Crippen molar-refractivity contribution in [3.63, 3.8) is 0 Å². The van der Waals surface area contributed by atoms with Gasteiger partial charge in [-0.1, -0.05) is 55.5 Å². The number of hydrogen-bond donors (Lipinski definition) is 1. The number of benzene rings is 3. The minimum absolute atomic E-state index is 0.0000573. The number of rotatable bonds is 6. The lowest BCUT2D eigenvalue weighted by Crippen LogP contribution is -2.37. The van der Waals surface area contributed by atoms with Crippen molar-refractivity contribution in [3.05, 3.63) is 101 Å². The second-order valence-corrected chi connectivity index (χ2v) is 10.1. The first-order valence-corrected chi connectivity index (χ1v) is 12.9. The molecule has 0 bridgehead atoms. The van der Waals surface area contributed by atoms with Crippen LogP contribution in [0.15, 0.2) is 79.0 Å². The van der Waals surface area contributed by atoms with Gasteiger partial charge in [0, 0.05) is 28.8 Å². The third-order valence-corrected chi connectivity index (χ3v) is 7.41. The van der Waals surface area contributed by atoms with Gasteiger partial charge < -0.3 is 5.32 Å². The lowest BCUT2D eigenvalue weighted by Gasteiger charge is -2.26. The Hall–Kier alpha value is -3.79. The van der Waals surface area contributed by atoms with Gasteiger partial charge in [0.2, 0.25) is 0 Å². The van der Waals surface area contributed by atoms with E-state index >= 15 is 0 Å². The number of carbonyl (C=O) groups is 2. The summed E-state index contributed by atoms with van der Waals surface area (Å²) >= 11 is 0. The zero-order chi connectivity index (χ0) is 25.1. The van der Waals surface area contributed by atoms with Gasteiger partial charge in [-0.05, 0) is 91.5 Å². The van der Waals surface area contributed by atoms with Crippen LogP contribution in [-0.2, 0) is 6.42 Å². The van der Waals surface area contributed by atoms with E-state index in [1.54, 1.807) is 13.1 Å². The van der Waals surface area contributed by atoms with Gasteiger partial charge in [-0.25, -0.2) is 0 Å². The smallest absolute Gasteiger partial charge is 0.251 e. The Labute approximate surface area is 212 Å². The number of hydrogen-bond acceptors (Lipinski definition) is 3. The number of carbonyl (C=O) groups excluding carboxylic acids is 2. The van der Waals surface area contributed by atoms with Gasteiger partial charge in [0.05, 0.1) is 5.52 Å². The van der Waals surface area contributed by atoms with Crippen LogP contribution in [0.1, 0.15) is 71.4 Å². The minimum atomic E-state index is 0.0000573. The summed E-state index contributed by atoms with van der Waals surface area (Å²) in [5.74, 6) is 0.776. The Balaban J connectivity index is 1.43. The molecule has 1 aliphatic carbocycles. The van der Waals surface area contributed by atoms with Crippen molar-refractivity contribution in [1.82, 2.24) is 10.3 Å². The molecule has 0 unspecified atom stereocenters. The molecule has 0 spiro atoms. The van der Waals surface area contributed by atoms with E-state index in [4.69, 9.17) is 0 Å². The minimum Gasteiger partial charge on any atom is -0.349 e. The number of fused-ring (bicyclic) bond motifs is 1. The van der Waals surface area contributed by atoms with E-state index in [1.165, 1.54) is 12.8 Å². The molecule has 0 aliphatic heterocycles. The molecule has 3 aromatic carbocycles. The Morgan fingerprint density at radius 1 is 0.889 bits per heavy atom. The molecular formula is C32H32N2O2. The molecule has 1 aromatic heterocycles. The molecule has 1 amide bonds. The van der Waals surface area contributed by atoms with Crippen molar-refractivity contribution in [2.45, 2.75) is 52.0 Å². The topological polar surface area (TPSA) is 59.1 Å². The van der Waals surface area contributed by atoms with Gasteiger partial charge in [-0.15, -0.1) is 0 Å². The molecule has 36 heavy (non-hydrogen) atoms. The summed E-state index contributed by atoms with van der Waals surface area (Å²) in [4.78, 5) is 29.8. The summed E-state index contributed by atoms with van der Waals surface area (Å²) in [7, 11) is 0. The van der Waals surface area contributed by atoms with Crippen LogP contribution >= 0.6 is 0 Å². The van der Waals surface area contributed by atoms with Gasteiger partial charge in [0.15, 0.2) is 5.78 Å². The van der Waals surface area contributed by atoms with Crippen LogP contribution < -0.4 is 5.32 Å². The molecule has 1 N–H and O–H groups in total. The highest BCUT2D eigenvalue weighted by atomic mass is 16.1. The zero-order valence-electron chi connectivity index (χ0n) is 21.0. The normalized spacial score (nSPS) is 17.6. The van der Waals surface area contributed by atoms with Crippen LogP contribution in [0.5, 0.6) is 0 Å². The summed E-state index contributed by atoms with van der Waals surface area (Å²) in [6, 6.07) is 24.4. The summed E-state index contributed by atoms with van der Waals surface area (Å²) < 4.78 is 0. The highest BCUT2D eigenvalue weighted by Crippen LogP contribution is 2.30. The molecule has 0 radical (unpaired) electrons. The van der Waals surface area contributed by atoms with Crippen LogP contribution in [0.4, 0.5) is 0 Å². The van der Waals surface area contributed by atoms with E-state index in [0.29, 0.717) is 17.5 Å². The number of nitrogens with zero attached hydrogens (tertiary/aromatic N) is 1. The molecule has 1 heterocycles. The quantitative estimate of drug-likeness (QED) is 0.305. The zero-order valence-corrected chi connectivity index (χ0v) is 21.0. The lowest BCUT2D eigenvalue weighted by molar-refractivity contribution is 0.0922. The SMILES string of the molecule is CC(=O)c1cnc2ccc(-c3ccc(C(=O)NC4CCC(C)CC4)cc3)cc2c1Cc1ccccc1. The van der Waals surface area contributed by atoms with Gasteiger partial charge >= 0.3 is 0 Å². The van der Waals surface area contributed by atoms with Crippen LogP contribution in [0.3, 0.4) is 0 Å². The Morgan fingerprint density at radius 2 is 1.58 bits per heavy atom. The Kier molecular flexibility index (Phi) is 6.95. The number of Topliss-reactive ketones (excluding diaryl/α,β-unsaturated/α-hetero) is 1. The predicted octanol–water partition coefficient (Wildman–Crippen LogP) is 7.00. The van der Waals surface area contributed by atoms with Crippen molar-refractivity contribution >= 4 is 22.6 Å². The second-order valence-electron chi connectivity index (χ2n) is 10.1. The maximum absolute atomic E-state index is 12.8. The summed E-state index contributed by atoms with van der Waals surface area (Å²) in [6.45, 7) is 3.88. The molecule has 1 fully saturated rings. The highest BCUT2D eigenvalue weighted by molar-refractivity contribution is 6.01. The fourth-order valence-corrected chi connectivity index (χ4v) is 5.21. The van der Waals surface area contributed by atoms with E-state index in [2.05, 4.69) is 35.4 Å². The third-order valence-electron chi connectivity index (χ3n) is 7.41. The average Bonchev–Trinajstić information content (AvgIpc) is 2.90. The molecule has 1 aliphatic rings. The number of aromatic nitrogens is 1. The van der Waals surface area contributed by atoms with E-state index < -0.39 is 0 Å². The number of pyridine rings is 1. The van der Waals surface area contributed by atoms with Crippen molar-refractivity contribution in [2.24, 2.45) is 5.92 Å². The van der Waals surface area contributed by atoms with Crippen molar-refractivity contribution in [3.8, 4) is 11.1 Å². The molecule has 4 heteroatoms. The molecule has 4 nitrogen and oxygen atoms in total. The van der Waals surface area contributed by atoms with Gasteiger partial charge in [0.25, 0.3) is 5.91 Å². The van der Waals surface area contributed by atoms with E-state index in [1.807, 2.05) is 54.6 Å². The van der Waals surface area contributed by atoms with Gasteiger partial charge in [0.1, 0.15) is 0 Å². The van der Waals surface area contributed by atoms with Crippen molar-refractivity contribution < 1.29 is 9.59 Å². The van der Waals surface area contributed by atoms with Gasteiger partial charge in [-0.3, -0.25) is 14.6 Å². The second kappa shape index (κ2) is 10.4. The summed E-state index contributed by atoms with van der Waals surface area (Å²) in [5.41, 5.74) is 6.42. The number of amides is 1. The fourth-order valence-electron chi connectivity index (χ4n) is 5.21. The van der Waals surface area contributed by atoms with Crippen molar-refractivity contribution in [2.75, 3.05) is 0 Å². The largest absolute Gasteiger partial charge is 0.349 e. The first-order valence-electron chi connectivity index (χ1n) is 12.9. The standard InChI is InChI=1S/C32H32N2O2/c1-21-8-15-27(16-9-21)34-32(36)25-12-10-24(11-13-25)26-14-17-31-29(19-26)28(30(20-33-31)22(2)35)18-23-6-4-3-5-7-23/h3-7,10-14,17,19-21,27H,8-9,15-16,18H2,1-2H3,(H,34,36). The van der Waals surface area contributed by atoms with Crippen LogP contribution in [0, 0.1) is 5.92 Å². The van der Waals surface area contributed by atoms with Gasteiger partial charge in [-0.2, -0.15) is 0 Å². The molecule has 0 atom stereocenters. The van der Waals surface area contributed by atoms with Crippen LogP contribution in [-0.4, -0.2) is 22.7 Å². The van der Waals surface area contributed by atoms with Crippen molar-refractivity contribution in [1.29, 1.82) is 0 Å². The summed E-state index contributed by atoms with van der Waals surface area (Å²) in [6.07, 6.45) is 6.84. The maximum atomic E-state index is 12.8. The molecule has 0 saturated heterocycles.